The lowest BCUT2D eigenvalue weighted by molar-refractivity contribution is -0.122. The largest absolute Gasteiger partial charge is 0.496 e. The number of hydrogen-bond donors (Lipinski definition) is 1. The Labute approximate surface area is 173 Å². The van der Waals surface area contributed by atoms with Crippen molar-refractivity contribution in [1.82, 2.24) is 5.32 Å². The van der Waals surface area contributed by atoms with E-state index < -0.39 is 16.1 Å². The number of carbonyl (C=O) groups excluding carboxylic acids is 1. The second-order valence-corrected chi connectivity index (χ2v) is 9.10. The highest BCUT2D eigenvalue weighted by Gasteiger charge is 2.33. The number of nitrogens with one attached hydrogen (secondary N) is 1. The van der Waals surface area contributed by atoms with Gasteiger partial charge >= 0.3 is 0 Å². The van der Waals surface area contributed by atoms with Crippen molar-refractivity contribution in [2.45, 2.75) is 46.2 Å². The molecule has 0 aliphatic heterocycles. The first-order valence-electron chi connectivity index (χ1n) is 9.60. The van der Waals surface area contributed by atoms with Crippen LogP contribution in [-0.4, -0.2) is 33.7 Å². The molecule has 158 valence electrons. The average Bonchev–Trinajstić information content (AvgIpc) is 2.66. The van der Waals surface area contributed by atoms with Crippen LogP contribution >= 0.6 is 0 Å². The molecule has 0 aliphatic rings. The van der Waals surface area contributed by atoms with Gasteiger partial charge in [0, 0.05) is 5.56 Å². The molecule has 2 aromatic rings. The van der Waals surface area contributed by atoms with E-state index in [9.17, 15) is 13.2 Å². The minimum atomic E-state index is -3.68. The SMILES string of the molecule is CC[C@@H](C(=O)N[C@@H](C)c1ccccc1OC)N(c1cc(C)ccc1C)S(C)(=O)=O. The fourth-order valence-corrected chi connectivity index (χ4v) is 4.66. The van der Waals surface area contributed by atoms with Gasteiger partial charge in [0.15, 0.2) is 0 Å². The molecule has 0 spiro atoms. The highest BCUT2D eigenvalue weighted by atomic mass is 32.2. The van der Waals surface area contributed by atoms with Crippen molar-refractivity contribution >= 4 is 21.6 Å². The van der Waals surface area contributed by atoms with E-state index in [1.165, 1.54) is 4.31 Å². The number of hydrogen-bond acceptors (Lipinski definition) is 4. The summed E-state index contributed by atoms with van der Waals surface area (Å²) < 4.78 is 32.0. The van der Waals surface area contributed by atoms with Gasteiger partial charge < -0.3 is 10.1 Å². The highest BCUT2D eigenvalue weighted by molar-refractivity contribution is 7.92. The van der Waals surface area contributed by atoms with E-state index in [0.717, 1.165) is 22.9 Å². The van der Waals surface area contributed by atoms with Crippen LogP contribution in [-0.2, 0) is 14.8 Å². The van der Waals surface area contributed by atoms with E-state index in [0.29, 0.717) is 17.9 Å². The van der Waals surface area contributed by atoms with Gasteiger partial charge in [-0.15, -0.1) is 0 Å². The number of sulfonamides is 1. The Morgan fingerprint density at radius 1 is 1.17 bits per heavy atom. The zero-order chi connectivity index (χ0) is 21.8. The van der Waals surface area contributed by atoms with Gasteiger partial charge in [0.05, 0.1) is 25.1 Å². The third-order valence-corrected chi connectivity index (χ3v) is 6.06. The van der Waals surface area contributed by atoms with Crippen molar-refractivity contribution in [3.63, 3.8) is 0 Å². The van der Waals surface area contributed by atoms with Crippen LogP contribution < -0.4 is 14.4 Å². The van der Waals surface area contributed by atoms with Crippen LogP contribution in [0.15, 0.2) is 42.5 Å². The maximum atomic E-state index is 13.2. The van der Waals surface area contributed by atoms with Crippen molar-refractivity contribution in [3.8, 4) is 5.75 Å². The fraction of sp³-hybridized carbons (Fsp3) is 0.409. The predicted octanol–water partition coefficient (Wildman–Crippen LogP) is 3.73. The normalized spacial score (nSPS) is 13.4. The minimum absolute atomic E-state index is 0.338. The van der Waals surface area contributed by atoms with Gasteiger partial charge in [-0.2, -0.15) is 0 Å². The number of aryl methyl sites for hydroxylation is 2. The zero-order valence-corrected chi connectivity index (χ0v) is 18.7. The fourth-order valence-electron chi connectivity index (χ4n) is 3.40. The number of methoxy groups -OCH3 is 1. The van der Waals surface area contributed by atoms with Gasteiger partial charge in [-0.1, -0.05) is 37.3 Å². The molecule has 2 atom stereocenters. The summed E-state index contributed by atoms with van der Waals surface area (Å²) in [5.41, 5.74) is 3.08. The summed E-state index contributed by atoms with van der Waals surface area (Å²) in [7, 11) is -2.10. The summed E-state index contributed by atoms with van der Waals surface area (Å²) in [6.45, 7) is 7.40. The van der Waals surface area contributed by atoms with Gasteiger partial charge in [0.25, 0.3) is 0 Å². The third-order valence-electron chi connectivity index (χ3n) is 4.90. The van der Waals surface area contributed by atoms with Crippen LogP contribution in [0.4, 0.5) is 5.69 Å². The number of ether oxygens (including phenoxy) is 1. The van der Waals surface area contributed by atoms with E-state index in [-0.39, 0.29) is 11.9 Å². The Morgan fingerprint density at radius 2 is 1.83 bits per heavy atom. The molecule has 29 heavy (non-hydrogen) atoms. The molecule has 0 radical (unpaired) electrons. The molecule has 0 fully saturated rings. The number of nitrogens with zero attached hydrogens (tertiary/aromatic N) is 1. The monoisotopic (exact) mass is 418 g/mol. The molecular formula is C22H30N2O4S. The summed E-state index contributed by atoms with van der Waals surface area (Å²) in [4.78, 5) is 13.2. The molecule has 2 rings (SSSR count). The lowest BCUT2D eigenvalue weighted by atomic mass is 10.1. The Bertz CT molecular complexity index is 973. The lowest BCUT2D eigenvalue weighted by Gasteiger charge is -2.32. The second-order valence-electron chi connectivity index (χ2n) is 7.25. The number of anilines is 1. The molecule has 0 heterocycles. The second kappa shape index (κ2) is 9.31. The zero-order valence-electron chi connectivity index (χ0n) is 17.9. The minimum Gasteiger partial charge on any atom is -0.496 e. The molecule has 0 saturated carbocycles. The molecule has 6 nitrogen and oxygen atoms in total. The van der Waals surface area contributed by atoms with Crippen molar-refractivity contribution in [2.75, 3.05) is 17.7 Å². The molecule has 0 bridgehead atoms. The lowest BCUT2D eigenvalue weighted by Crippen LogP contribution is -2.50. The van der Waals surface area contributed by atoms with Gasteiger partial charge in [0.2, 0.25) is 15.9 Å². The molecule has 0 saturated heterocycles. The number of amides is 1. The van der Waals surface area contributed by atoms with Crippen LogP contribution in [0.3, 0.4) is 0 Å². The molecule has 1 amide bonds. The summed E-state index contributed by atoms with van der Waals surface area (Å²) in [6, 6.07) is 11.8. The van der Waals surface area contributed by atoms with E-state index >= 15 is 0 Å². The first kappa shape index (κ1) is 22.7. The maximum Gasteiger partial charge on any atom is 0.244 e. The number of para-hydroxylation sites is 1. The molecule has 2 aromatic carbocycles. The van der Waals surface area contributed by atoms with E-state index in [4.69, 9.17) is 4.74 Å². The first-order valence-corrected chi connectivity index (χ1v) is 11.4. The van der Waals surface area contributed by atoms with Crippen LogP contribution in [0.5, 0.6) is 5.75 Å². The summed E-state index contributed by atoms with van der Waals surface area (Å²) in [5, 5.41) is 2.95. The molecule has 7 heteroatoms. The van der Waals surface area contributed by atoms with Gasteiger partial charge in [-0.25, -0.2) is 8.42 Å². The summed E-state index contributed by atoms with van der Waals surface area (Å²) in [6.07, 6.45) is 1.47. The summed E-state index contributed by atoms with van der Waals surface area (Å²) in [5.74, 6) is 0.320. The van der Waals surface area contributed by atoms with Crippen molar-refractivity contribution in [1.29, 1.82) is 0 Å². The summed E-state index contributed by atoms with van der Waals surface area (Å²) >= 11 is 0. The predicted molar refractivity (Wildman–Crippen MR) is 117 cm³/mol. The molecule has 0 aromatic heterocycles. The van der Waals surface area contributed by atoms with Crippen LogP contribution in [0.1, 0.15) is 43.0 Å². The maximum absolute atomic E-state index is 13.2. The van der Waals surface area contributed by atoms with Gasteiger partial charge in [-0.3, -0.25) is 9.10 Å². The van der Waals surface area contributed by atoms with Crippen LogP contribution in [0, 0.1) is 13.8 Å². The third kappa shape index (κ3) is 5.29. The van der Waals surface area contributed by atoms with Gasteiger partial charge in [0.1, 0.15) is 11.8 Å². The van der Waals surface area contributed by atoms with Crippen LogP contribution in [0.25, 0.3) is 0 Å². The standard InChI is InChI=1S/C22H30N2O4S/c1-7-19(22(25)23-17(4)18-10-8-9-11-21(18)28-5)24(29(6,26)27)20-14-15(2)12-13-16(20)3/h8-14,17,19H,7H2,1-6H3,(H,23,25)/t17-,19-/m0/s1. The van der Waals surface area contributed by atoms with E-state index in [2.05, 4.69) is 5.32 Å². The number of rotatable bonds is 8. The molecule has 0 aliphatic carbocycles. The number of benzene rings is 2. The molecule has 1 N–H and O–H groups in total. The first-order chi connectivity index (χ1) is 13.6. The molecular weight excluding hydrogens is 388 g/mol. The Kier molecular flexibility index (Phi) is 7.30. The van der Waals surface area contributed by atoms with Gasteiger partial charge in [-0.05, 0) is 50.5 Å². The van der Waals surface area contributed by atoms with E-state index in [1.54, 1.807) is 20.1 Å². The number of carbonyl (C=O) groups is 1. The molecule has 0 unspecified atom stereocenters. The van der Waals surface area contributed by atoms with Crippen molar-refractivity contribution in [3.05, 3.63) is 59.2 Å². The Morgan fingerprint density at radius 3 is 2.41 bits per heavy atom. The topological polar surface area (TPSA) is 75.7 Å². The smallest absolute Gasteiger partial charge is 0.244 e. The van der Waals surface area contributed by atoms with Crippen molar-refractivity contribution in [2.24, 2.45) is 0 Å². The highest BCUT2D eigenvalue weighted by Crippen LogP contribution is 2.29. The van der Waals surface area contributed by atoms with Crippen molar-refractivity contribution < 1.29 is 17.9 Å². The quantitative estimate of drug-likeness (QED) is 0.709. The Balaban J connectivity index is 2.40. The Hall–Kier alpha value is -2.54. The van der Waals surface area contributed by atoms with Crippen LogP contribution in [0.2, 0.25) is 0 Å². The average molecular weight is 419 g/mol. The van der Waals surface area contributed by atoms with E-state index in [1.807, 2.05) is 57.2 Å².